The van der Waals surface area contributed by atoms with Crippen LogP contribution in [0.2, 0.25) is 5.02 Å². The number of hydrogen-bond donors (Lipinski definition) is 0. The Balaban J connectivity index is 1.45. The highest BCUT2D eigenvalue weighted by atomic mass is 35.5. The van der Waals surface area contributed by atoms with Gasteiger partial charge in [-0.2, -0.15) is 0 Å². The zero-order valence-electron chi connectivity index (χ0n) is 13.7. The summed E-state index contributed by atoms with van der Waals surface area (Å²) in [4.78, 5) is 41.9. The molecule has 2 heterocycles. The topological polar surface area (TPSA) is 76.6 Å². The molecule has 0 atom stereocenters. The fourth-order valence-corrected chi connectivity index (χ4v) is 3.65. The van der Waals surface area contributed by atoms with Crippen LogP contribution in [0.5, 0.6) is 0 Å². The average molecular weight is 399 g/mol. The smallest absolute Gasteiger partial charge is 0.359 e. The van der Waals surface area contributed by atoms with Gasteiger partial charge in [-0.15, -0.1) is 11.3 Å². The van der Waals surface area contributed by atoms with E-state index in [4.69, 9.17) is 16.3 Å². The molecule has 8 heteroatoms. The van der Waals surface area contributed by atoms with Gasteiger partial charge < -0.3 is 4.74 Å². The van der Waals surface area contributed by atoms with Crippen molar-refractivity contribution in [2.75, 3.05) is 6.73 Å². The number of ether oxygens (including phenoxy) is 1. The van der Waals surface area contributed by atoms with Crippen molar-refractivity contribution in [3.8, 4) is 10.6 Å². The summed E-state index contributed by atoms with van der Waals surface area (Å²) < 4.78 is 5.12. The Hall–Kier alpha value is -3.03. The Kier molecular flexibility index (Phi) is 4.47. The van der Waals surface area contributed by atoms with Crippen molar-refractivity contribution in [2.24, 2.45) is 0 Å². The maximum absolute atomic E-state index is 12.3. The minimum atomic E-state index is -0.712. The molecule has 6 nitrogen and oxygen atoms in total. The first-order valence-corrected chi connectivity index (χ1v) is 9.14. The number of imide groups is 1. The molecule has 134 valence electrons. The van der Waals surface area contributed by atoms with Crippen molar-refractivity contribution in [3.05, 3.63) is 75.8 Å². The quantitative estimate of drug-likeness (QED) is 0.492. The fraction of sp³-hybridized carbons (Fsp3) is 0.0526. The Bertz CT molecular complexity index is 1040. The molecule has 0 aliphatic carbocycles. The predicted octanol–water partition coefficient (Wildman–Crippen LogP) is 3.87. The van der Waals surface area contributed by atoms with Crippen LogP contribution in [0.15, 0.2) is 53.9 Å². The molecule has 2 amide bonds. The summed E-state index contributed by atoms with van der Waals surface area (Å²) in [7, 11) is 0. The molecule has 0 saturated heterocycles. The molecule has 4 rings (SSSR count). The van der Waals surface area contributed by atoms with Crippen molar-refractivity contribution >= 4 is 40.7 Å². The summed E-state index contributed by atoms with van der Waals surface area (Å²) in [5, 5.41) is 2.74. The van der Waals surface area contributed by atoms with E-state index in [1.54, 1.807) is 47.8 Å². The molecule has 1 aliphatic rings. The molecule has 27 heavy (non-hydrogen) atoms. The molecule has 1 aromatic heterocycles. The first-order chi connectivity index (χ1) is 13.0. The molecule has 0 bridgehead atoms. The minimum Gasteiger partial charge on any atom is -0.439 e. The lowest BCUT2D eigenvalue weighted by atomic mass is 10.1. The molecular formula is C19H11ClN2O4S. The summed E-state index contributed by atoms with van der Waals surface area (Å²) in [5.41, 5.74) is 1.49. The number of aromatic nitrogens is 1. The van der Waals surface area contributed by atoms with E-state index in [1.807, 2.05) is 6.07 Å². The van der Waals surface area contributed by atoms with Crippen LogP contribution in [0.3, 0.4) is 0 Å². The zero-order chi connectivity index (χ0) is 19.0. The predicted molar refractivity (Wildman–Crippen MR) is 99.8 cm³/mol. The van der Waals surface area contributed by atoms with E-state index in [9.17, 15) is 14.4 Å². The molecule has 0 spiro atoms. The lowest BCUT2D eigenvalue weighted by Gasteiger charge is -2.13. The number of carbonyl (C=O) groups excluding carboxylic acids is 3. The van der Waals surface area contributed by atoms with E-state index in [0.29, 0.717) is 21.2 Å². The highest BCUT2D eigenvalue weighted by molar-refractivity contribution is 7.13. The highest BCUT2D eigenvalue weighted by Crippen LogP contribution is 2.27. The summed E-state index contributed by atoms with van der Waals surface area (Å²) >= 11 is 7.24. The standard InChI is InChI=1S/C19H11ClN2O4S/c20-12-5-3-4-11(8-12)16-21-15(9-27-16)19(25)26-10-22-17(23)13-6-1-2-7-14(13)18(22)24/h1-9H,10H2. The third kappa shape index (κ3) is 3.22. The molecule has 0 N–H and O–H groups in total. The van der Waals surface area contributed by atoms with E-state index in [2.05, 4.69) is 4.98 Å². The minimum absolute atomic E-state index is 0.103. The van der Waals surface area contributed by atoms with E-state index in [1.165, 1.54) is 11.3 Å². The third-order valence-corrected chi connectivity index (χ3v) is 5.11. The van der Waals surface area contributed by atoms with Gasteiger partial charge in [0.25, 0.3) is 11.8 Å². The number of rotatable bonds is 4. The first kappa shape index (κ1) is 17.4. The molecule has 3 aromatic rings. The number of amides is 2. The van der Waals surface area contributed by atoms with Crippen molar-refractivity contribution < 1.29 is 19.1 Å². The van der Waals surface area contributed by atoms with Crippen LogP contribution in [-0.2, 0) is 4.74 Å². The Labute approximate surface area is 163 Å². The molecule has 0 fully saturated rings. The van der Waals surface area contributed by atoms with Gasteiger partial charge in [0, 0.05) is 16.0 Å². The first-order valence-electron chi connectivity index (χ1n) is 7.88. The number of benzene rings is 2. The number of nitrogens with zero attached hydrogens (tertiary/aromatic N) is 2. The molecule has 0 saturated carbocycles. The van der Waals surface area contributed by atoms with E-state index >= 15 is 0 Å². The largest absolute Gasteiger partial charge is 0.439 e. The summed E-state index contributed by atoms with van der Waals surface area (Å²) in [6.45, 7) is -0.463. The number of thiazole rings is 1. The molecule has 0 unspecified atom stereocenters. The summed E-state index contributed by atoms with van der Waals surface area (Å²) in [6, 6.07) is 13.6. The maximum Gasteiger partial charge on any atom is 0.359 e. The van der Waals surface area contributed by atoms with Crippen LogP contribution < -0.4 is 0 Å². The fourth-order valence-electron chi connectivity index (χ4n) is 2.68. The van der Waals surface area contributed by atoms with E-state index in [0.717, 1.165) is 10.5 Å². The molecule has 1 aliphatic heterocycles. The van der Waals surface area contributed by atoms with Crippen molar-refractivity contribution in [3.63, 3.8) is 0 Å². The average Bonchev–Trinajstić information content (AvgIpc) is 3.26. The van der Waals surface area contributed by atoms with Crippen LogP contribution in [0, 0.1) is 0 Å². The van der Waals surface area contributed by atoms with Gasteiger partial charge in [-0.25, -0.2) is 14.7 Å². The van der Waals surface area contributed by atoms with Crippen molar-refractivity contribution in [2.45, 2.75) is 0 Å². The van der Waals surface area contributed by atoms with Gasteiger partial charge in [0.05, 0.1) is 11.1 Å². The van der Waals surface area contributed by atoms with Crippen LogP contribution in [0.4, 0.5) is 0 Å². The normalized spacial score (nSPS) is 13.0. The lowest BCUT2D eigenvalue weighted by molar-refractivity contribution is 0.0224. The maximum atomic E-state index is 12.3. The van der Waals surface area contributed by atoms with Gasteiger partial charge in [-0.05, 0) is 24.3 Å². The molecule has 2 aromatic carbocycles. The van der Waals surface area contributed by atoms with Crippen LogP contribution in [0.25, 0.3) is 10.6 Å². The summed E-state index contributed by atoms with van der Waals surface area (Å²) in [6.07, 6.45) is 0. The Morgan fingerprint density at radius 1 is 1.07 bits per heavy atom. The van der Waals surface area contributed by atoms with Gasteiger partial charge in [0.2, 0.25) is 0 Å². The van der Waals surface area contributed by atoms with Crippen LogP contribution in [-0.4, -0.2) is 34.4 Å². The Morgan fingerprint density at radius 3 is 2.44 bits per heavy atom. The van der Waals surface area contributed by atoms with Crippen molar-refractivity contribution in [1.29, 1.82) is 0 Å². The Morgan fingerprint density at radius 2 is 1.78 bits per heavy atom. The lowest BCUT2D eigenvalue weighted by Crippen LogP contribution is -2.33. The van der Waals surface area contributed by atoms with Gasteiger partial charge in [-0.1, -0.05) is 35.9 Å². The number of esters is 1. The van der Waals surface area contributed by atoms with Crippen LogP contribution in [0.1, 0.15) is 31.2 Å². The zero-order valence-corrected chi connectivity index (χ0v) is 15.3. The van der Waals surface area contributed by atoms with Gasteiger partial charge in [-0.3, -0.25) is 9.59 Å². The van der Waals surface area contributed by atoms with Gasteiger partial charge in [0.15, 0.2) is 12.4 Å². The van der Waals surface area contributed by atoms with Gasteiger partial charge in [0.1, 0.15) is 5.01 Å². The molecular weight excluding hydrogens is 388 g/mol. The molecule has 0 radical (unpaired) electrons. The van der Waals surface area contributed by atoms with Crippen LogP contribution >= 0.6 is 22.9 Å². The number of halogens is 1. The number of fused-ring (bicyclic) bond motifs is 1. The second-order valence-corrected chi connectivity index (χ2v) is 6.99. The number of carbonyl (C=O) groups is 3. The third-order valence-electron chi connectivity index (χ3n) is 3.99. The highest BCUT2D eigenvalue weighted by Gasteiger charge is 2.35. The van der Waals surface area contributed by atoms with Gasteiger partial charge >= 0.3 is 5.97 Å². The van der Waals surface area contributed by atoms with E-state index < -0.39 is 24.5 Å². The van der Waals surface area contributed by atoms with E-state index in [-0.39, 0.29) is 5.69 Å². The number of hydrogen-bond acceptors (Lipinski definition) is 6. The monoisotopic (exact) mass is 398 g/mol. The second-order valence-electron chi connectivity index (χ2n) is 5.69. The second kappa shape index (κ2) is 6.94. The SMILES string of the molecule is O=C(OCN1C(=O)c2ccccc2C1=O)c1csc(-c2cccc(Cl)c2)n1. The summed E-state index contributed by atoms with van der Waals surface area (Å²) in [5.74, 6) is -1.68. The van der Waals surface area contributed by atoms with Crippen molar-refractivity contribution in [1.82, 2.24) is 9.88 Å².